The molecule has 2 aliphatic heterocycles. The van der Waals surface area contributed by atoms with E-state index in [9.17, 15) is 14.0 Å². The van der Waals surface area contributed by atoms with Crippen molar-refractivity contribution in [3.63, 3.8) is 0 Å². The van der Waals surface area contributed by atoms with Crippen molar-refractivity contribution >= 4 is 40.0 Å². The molecule has 0 radical (unpaired) electrons. The number of fused-ring (bicyclic) bond motifs is 2. The predicted octanol–water partition coefficient (Wildman–Crippen LogP) is 0.566. The third-order valence-corrected chi connectivity index (χ3v) is 5.74. The van der Waals surface area contributed by atoms with Gasteiger partial charge in [0.1, 0.15) is 11.3 Å². The van der Waals surface area contributed by atoms with Crippen LogP contribution in [0.25, 0.3) is 10.9 Å². The van der Waals surface area contributed by atoms with Crippen molar-refractivity contribution in [3.05, 3.63) is 42.0 Å². The second-order valence-electron chi connectivity index (χ2n) is 7.84. The van der Waals surface area contributed by atoms with Gasteiger partial charge in [-0.3, -0.25) is 14.4 Å². The molecule has 166 valence electrons. The summed E-state index contributed by atoms with van der Waals surface area (Å²) in [6, 6.07) is 5.00. The maximum atomic E-state index is 14.9. The molecule has 10 nitrogen and oxygen atoms in total. The number of anilines is 3. The van der Waals surface area contributed by atoms with Gasteiger partial charge in [0.25, 0.3) is 0 Å². The fourth-order valence-corrected chi connectivity index (χ4v) is 4.38. The number of amides is 1. The van der Waals surface area contributed by atoms with Gasteiger partial charge in [-0.05, 0) is 12.1 Å². The molecular weight excluding hydrogens is 417 g/mol. The predicted molar refractivity (Wildman–Crippen MR) is 115 cm³/mol. The first kappa shape index (κ1) is 20.2. The first-order chi connectivity index (χ1) is 15.4. The highest BCUT2D eigenvalue weighted by Gasteiger charge is 2.38. The number of hydrogen-bond donors (Lipinski definition) is 2. The molecular formula is C21H22FN7O3. The summed E-state index contributed by atoms with van der Waals surface area (Å²) in [6.07, 6.45) is 2.78. The Balaban J connectivity index is 1.62. The standard InChI is InChI=1S/C21H22FN7O3/c1-27-11-12-8-13(9-15(22)18(12)26-27)29-17(32-21(31)19(23)30)10-14-16(2-3-25-20(14)29)28-6-4-24-5-7-28/h2-3,8-9,11,17,24H,4-7,10H2,1H3,(H2,23,30). The smallest absolute Gasteiger partial charge is 0.398 e. The number of rotatable bonds is 3. The molecule has 1 amide bonds. The van der Waals surface area contributed by atoms with Gasteiger partial charge in [0, 0.05) is 80.4 Å². The number of benzene rings is 1. The van der Waals surface area contributed by atoms with Crippen LogP contribution < -0.4 is 20.9 Å². The average molecular weight is 439 g/mol. The van der Waals surface area contributed by atoms with Gasteiger partial charge in [0.2, 0.25) is 0 Å². The Kier molecular flexibility index (Phi) is 4.89. The van der Waals surface area contributed by atoms with Crippen LogP contribution in [-0.2, 0) is 27.8 Å². The van der Waals surface area contributed by atoms with E-state index < -0.39 is 23.9 Å². The van der Waals surface area contributed by atoms with Crippen LogP contribution in [-0.4, -0.2) is 59.0 Å². The van der Waals surface area contributed by atoms with Crippen molar-refractivity contribution in [1.29, 1.82) is 0 Å². The Morgan fingerprint density at radius 2 is 2.06 bits per heavy atom. The zero-order valence-corrected chi connectivity index (χ0v) is 17.4. The van der Waals surface area contributed by atoms with Crippen molar-refractivity contribution in [3.8, 4) is 0 Å². The summed E-state index contributed by atoms with van der Waals surface area (Å²) in [7, 11) is 1.71. The molecule has 0 aliphatic carbocycles. The summed E-state index contributed by atoms with van der Waals surface area (Å²) < 4.78 is 21.8. The topological polar surface area (TPSA) is 119 Å². The Morgan fingerprint density at radius 3 is 2.81 bits per heavy atom. The summed E-state index contributed by atoms with van der Waals surface area (Å²) in [4.78, 5) is 31.8. The number of nitrogens with zero attached hydrogens (tertiary/aromatic N) is 5. The van der Waals surface area contributed by atoms with Gasteiger partial charge in [-0.25, -0.2) is 14.2 Å². The quantitative estimate of drug-likeness (QED) is 0.449. The Hall–Kier alpha value is -3.73. The molecule has 1 fully saturated rings. The molecule has 0 spiro atoms. The van der Waals surface area contributed by atoms with Crippen LogP contribution in [0.3, 0.4) is 0 Å². The molecule has 4 heterocycles. The van der Waals surface area contributed by atoms with E-state index in [0.29, 0.717) is 16.9 Å². The summed E-state index contributed by atoms with van der Waals surface area (Å²) in [5, 5.41) is 8.05. The normalized spacial score (nSPS) is 18.1. The van der Waals surface area contributed by atoms with Crippen molar-refractivity contribution in [2.45, 2.75) is 12.6 Å². The fourth-order valence-electron chi connectivity index (χ4n) is 4.38. The van der Waals surface area contributed by atoms with Crippen LogP contribution in [0.2, 0.25) is 0 Å². The number of aromatic nitrogens is 3. The summed E-state index contributed by atoms with van der Waals surface area (Å²) in [5.74, 6) is -2.31. The minimum Gasteiger partial charge on any atom is -0.434 e. The molecule has 2 aliphatic rings. The minimum absolute atomic E-state index is 0.240. The monoisotopic (exact) mass is 439 g/mol. The largest absolute Gasteiger partial charge is 0.434 e. The number of nitrogens with two attached hydrogens (primary N) is 1. The van der Waals surface area contributed by atoms with E-state index in [-0.39, 0.29) is 11.9 Å². The van der Waals surface area contributed by atoms with Crippen LogP contribution >= 0.6 is 0 Å². The highest BCUT2D eigenvalue weighted by molar-refractivity contribution is 6.31. The lowest BCUT2D eigenvalue weighted by Gasteiger charge is -2.31. The zero-order chi connectivity index (χ0) is 22.4. The van der Waals surface area contributed by atoms with Crippen molar-refractivity contribution < 1.29 is 18.7 Å². The maximum absolute atomic E-state index is 14.9. The Labute approximate surface area is 182 Å². The zero-order valence-electron chi connectivity index (χ0n) is 17.4. The Bertz CT molecular complexity index is 1220. The van der Waals surface area contributed by atoms with Crippen LogP contribution in [0.4, 0.5) is 21.6 Å². The van der Waals surface area contributed by atoms with Crippen LogP contribution in [0, 0.1) is 5.82 Å². The second-order valence-corrected chi connectivity index (χ2v) is 7.84. The molecule has 1 saturated heterocycles. The van der Waals surface area contributed by atoms with Crippen LogP contribution in [0.1, 0.15) is 5.56 Å². The number of halogens is 1. The molecule has 11 heteroatoms. The minimum atomic E-state index is -1.19. The number of pyridine rings is 1. The van der Waals surface area contributed by atoms with Crippen LogP contribution in [0.5, 0.6) is 0 Å². The Morgan fingerprint density at radius 1 is 1.28 bits per heavy atom. The summed E-state index contributed by atoms with van der Waals surface area (Å²) in [6.45, 7) is 3.34. The average Bonchev–Trinajstić information content (AvgIpc) is 3.33. The molecule has 0 saturated carbocycles. The van der Waals surface area contributed by atoms with Crippen molar-refractivity contribution in [1.82, 2.24) is 20.1 Å². The summed E-state index contributed by atoms with van der Waals surface area (Å²) in [5.41, 5.74) is 7.63. The number of nitrogens with one attached hydrogen (secondary N) is 1. The molecule has 1 atom stereocenters. The molecule has 0 bridgehead atoms. The van der Waals surface area contributed by atoms with E-state index in [1.54, 1.807) is 30.4 Å². The van der Waals surface area contributed by atoms with E-state index in [1.165, 1.54) is 10.7 Å². The molecule has 5 rings (SSSR count). The fraction of sp³-hybridized carbons (Fsp3) is 0.333. The van der Waals surface area contributed by atoms with E-state index in [4.69, 9.17) is 10.5 Å². The van der Waals surface area contributed by atoms with Gasteiger partial charge in [-0.15, -0.1) is 0 Å². The number of aryl methyl sites for hydroxylation is 1. The third kappa shape index (κ3) is 3.40. The summed E-state index contributed by atoms with van der Waals surface area (Å²) >= 11 is 0. The van der Waals surface area contributed by atoms with Gasteiger partial charge in [0.05, 0.1) is 0 Å². The first-order valence-electron chi connectivity index (χ1n) is 10.3. The van der Waals surface area contributed by atoms with E-state index in [1.807, 2.05) is 6.07 Å². The maximum Gasteiger partial charge on any atom is 0.398 e. The van der Waals surface area contributed by atoms with Gasteiger partial charge in [-0.1, -0.05) is 0 Å². The molecule has 32 heavy (non-hydrogen) atoms. The molecule has 3 aromatic rings. The SMILES string of the molecule is Cn1cc2cc(N3c4nccc(N5CCNCC5)c4CC3OC(=O)C(N)=O)cc(F)c2n1. The van der Waals surface area contributed by atoms with Crippen molar-refractivity contribution in [2.24, 2.45) is 12.8 Å². The number of piperazine rings is 1. The van der Waals surface area contributed by atoms with Gasteiger partial charge in [0.15, 0.2) is 12.0 Å². The highest BCUT2D eigenvalue weighted by Crippen LogP contribution is 2.42. The van der Waals surface area contributed by atoms with E-state index >= 15 is 0 Å². The number of carbonyl (C=O) groups excluding carboxylic acids is 2. The highest BCUT2D eigenvalue weighted by atomic mass is 19.1. The van der Waals surface area contributed by atoms with Gasteiger partial charge in [-0.2, -0.15) is 5.10 Å². The van der Waals surface area contributed by atoms with Crippen molar-refractivity contribution in [2.75, 3.05) is 36.0 Å². The third-order valence-electron chi connectivity index (χ3n) is 5.74. The number of primary amides is 1. The number of ether oxygens (including phenoxy) is 1. The van der Waals surface area contributed by atoms with E-state index in [0.717, 1.165) is 37.4 Å². The van der Waals surface area contributed by atoms with Gasteiger partial charge < -0.3 is 20.7 Å². The number of esters is 1. The molecule has 2 aromatic heterocycles. The van der Waals surface area contributed by atoms with Gasteiger partial charge >= 0.3 is 11.9 Å². The first-order valence-corrected chi connectivity index (χ1v) is 10.3. The molecule has 3 N–H and O–H groups in total. The van der Waals surface area contributed by atoms with Crippen LogP contribution in [0.15, 0.2) is 30.6 Å². The lowest BCUT2D eigenvalue weighted by atomic mass is 10.1. The number of hydrogen-bond acceptors (Lipinski definition) is 8. The lowest BCUT2D eigenvalue weighted by molar-refractivity contribution is -0.157. The number of carbonyl (C=O) groups is 2. The lowest BCUT2D eigenvalue weighted by Crippen LogP contribution is -2.43. The molecule has 1 unspecified atom stereocenters. The molecule has 1 aromatic carbocycles. The van der Waals surface area contributed by atoms with E-state index in [2.05, 4.69) is 20.3 Å². The second kappa shape index (κ2) is 7.75.